The van der Waals surface area contributed by atoms with Gasteiger partial charge < -0.3 is 5.32 Å². The van der Waals surface area contributed by atoms with Gasteiger partial charge in [0.05, 0.1) is 11.9 Å². The fraction of sp³-hybridized carbons (Fsp3) is 0.250. The molecule has 0 bridgehead atoms. The molecule has 0 saturated carbocycles. The summed E-state index contributed by atoms with van der Waals surface area (Å²) in [4.78, 5) is 8.71. The second-order valence-corrected chi connectivity index (χ2v) is 5.30. The van der Waals surface area contributed by atoms with Gasteiger partial charge in [-0.3, -0.25) is 4.40 Å². The number of aromatic nitrogens is 3. The van der Waals surface area contributed by atoms with E-state index < -0.39 is 0 Å². The van der Waals surface area contributed by atoms with Crippen molar-refractivity contribution in [3.05, 3.63) is 54.2 Å². The quantitative estimate of drug-likeness (QED) is 0.785. The van der Waals surface area contributed by atoms with E-state index in [-0.39, 0.29) is 5.82 Å². The second kappa shape index (κ2) is 4.93. The Labute approximate surface area is 121 Å². The number of nitrogens with zero attached hydrogens (tertiary/aromatic N) is 3. The highest BCUT2D eigenvalue weighted by molar-refractivity contribution is 5.63. The van der Waals surface area contributed by atoms with Crippen molar-refractivity contribution in [2.24, 2.45) is 0 Å². The number of nitrogens with one attached hydrogen (secondary N) is 1. The molecule has 5 heteroatoms. The Morgan fingerprint density at radius 1 is 1.14 bits per heavy atom. The van der Waals surface area contributed by atoms with E-state index in [4.69, 9.17) is 0 Å². The monoisotopic (exact) mass is 282 g/mol. The molecule has 106 valence electrons. The van der Waals surface area contributed by atoms with Gasteiger partial charge in [0, 0.05) is 23.5 Å². The Bertz CT molecular complexity index is 773. The third kappa shape index (κ3) is 2.10. The SMILES string of the molecule is Fc1ccc(-c2cnc3nccc([C@@H]4CCCN4)n23)cc1. The van der Waals surface area contributed by atoms with Crippen LogP contribution in [0, 0.1) is 5.82 Å². The Kier molecular flexibility index (Phi) is 2.93. The van der Waals surface area contributed by atoms with Crippen molar-refractivity contribution in [1.29, 1.82) is 0 Å². The van der Waals surface area contributed by atoms with Crippen molar-refractivity contribution in [3.63, 3.8) is 0 Å². The van der Waals surface area contributed by atoms with Gasteiger partial charge in [0.1, 0.15) is 5.82 Å². The van der Waals surface area contributed by atoms with Crippen molar-refractivity contribution in [3.8, 4) is 11.3 Å². The zero-order valence-corrected chi connectivity index (χ0v) is 11.5. The molecule has 0 aliphatic carbocycles. The molecule has 1 N–H and O–H groups in total. The first-order valence-corrected chi connectivity index (χ1v) is 7.14. The van der Waals surface area contributed by atoms with Gasteiger partial charge in [0.15, 0.2) is 0 Å². The van der Waals surface area contributed by atoms with Gasteiger partial charge in [-0.2, -0.15) is 0 Å². The molecule has 21 heavy (non-hydrogen) atoms. The molecule has 3 heterocycles. The molecule has 1 aromatic carbocycles. The minimum Gasteiger partial charge on any atom is -0.309 e. The predicted octanol–water partition coefficient (Wildman–Crippen LogP) is 2.96. The van der Waals surface area contributed by atoms with Crippen molar-refractivity contribution >= 4 is 5.78 Å². The van der Waals surface area contributed by atoms with E-state index in [0.29, 0.717) is 11.8 Å². The lowest BCUT2D eigenvalue weighted by Crippen LogP contribution is -2.16. The fourth-order valence-electron chi connectivity index (χ4n) is 2.98. The highest BCUT2D eigenvalue weighted by atomic mass is 19.1. The molecule has 1 atom stereocenters. The lowest BCUT2D eigenvalue weighted by molar-refractivity contribution is 0.618. The van der Waals surface area contributed by atoms with Gasteiger partial charge >= 0.3 is 0 Å². The Hall–Kier alpha value is -2.27. The number of halogens is 1. The summed E-state index contributed by atoms with van der Waals surface area (Å²) >= 11 is 0. The average Bonchev–Trinajstić information content (AvgIpc) is 3.17. The molecule has 0 spiro atoms. The number of hydrogen-bond acceptors (Lipinski definition) is 3. The summed E-state index contributed by atoms with van der Waals surface area (Å²) in [6, 6.07) is 8.85. The summed E-state index contributed by atoms with van der Waals surface area (Å²) in [7, 11) is 0. The molecule has 0 unspecified atom stereocenters. The normalized spacial score (nSPS) is 18.4. The van der Waals surface area contributed by atoms with Crippen LogP contribution >= 0.6 is 0 Å². The molecule has 4 nitrogen and oxygen atoms in total. The van der Waals surface area contributed by atoms with Crippen molar-refractivity contribution in [2.45, 2.75) is 18.9 Å². The Balaban J connectivity index is 1.91. The fourth-order valence-corrected chi connectivity index (χ4v) is 2.98. The van der Waals surface area contributed by atoms with E-state index in [1.807, 2.05) is 6.07 Å². The van der Waals surface area contributed by atoms with Crippen molar-refractivity contribution < 1.29 is 4.39 Å². The van der Waals surface area contributed by atoms with Gasteiger partial charge in [0.25, 0.3) is 0 Å². The van der Waals surface area contributed by atoms with E-state index in [1.54, 1.807) is 24.5 Å². The number of fused-ring (bicyclic) bond motifs is 1. The van der Waals surface area contributed by atoms with Gasteiger partial charge in [-0.1, -0.05) is 0 Å². The van der Waals surface area contributed by atoms with Crippen LogP contribution in [-0.4, -0.2) is 20.9 Å². The number of hydrogen-bond donors (Lipinski definition) is 1. The minimum atomic E-state index is -0.233. The summed E-state index contributed by atoms with van der Waals surface area (Å²) in [5, 5.41) is 3.51. The smallest absolute Gasteiger partial charge is 0.234 e. The van der Waals surface area contributed by atoms with Gasteiger partial charge in [-0.05, 0) is 49.7 Å². The number of benzene rings is 1. The maximum atomic E-state index is 13.1. The number of imidazole rings is 1. The zero-order chi connectivity index (χ0) is 14.2. The summed E-state index contributed by atoms with van der Waals surface area (Å²) in [6.07, 6.45) is 5.88. The first kappa shape index (κ1) is 12.5. The van der Waals surface area contributed by atoms with Crippen LogP contribution in [0.3, 0.4) is 0 Å². The highest BCUT2D eigenvalue weighted by Gasteiger charge is 2.21. The van der Waals surface area contributed by atoms with Crippen LogP contribution in [0.25, 0.3) is 17.0 Å². The Morgan fingerprint density at radius 2 is 2.00 bits per heavy atom. The summed E-state index contributed by atoms with van der Waals surface area (Å²) in [6.45, 7) is 1.04. The molecule has 1 aliphatic rings. The van der Waals surface area contributed by atoms with Gasteiger partial charge in [0.2, 0.25) is 5.78 Å². The highest BCUT2D eigenvalue weighted by Crippen LogP contribution is 2.28. The number of rotatable bonds is 2. The lowest BCUT2D eigenvalue weighted by atomic mass is 10.1. The molecule has 1 aliphatic heterocycles. The van der Waals surface area contributed by atoms with Crippen LogP contribution in [0.4, 0.5) is 4.39 Å². The molecule has 1 saturated heterocycles. The Morgan fingerprint density at radius 3 is 2.76 bits per heavy atom. The van der Waals surface area contributed by atoms with Crippen LogP contribution in [0.5, 0.6) is 0 Å². The average molecular weight is 282 g/mol. The van der Waals surface area contributed by atoms with Gasteiger partial charge in [-0.25, -0.2) is 14.4 Å². The molecule has 1 fully saturated rings. The van der Waals surface area contributed by atoms with E-state index in [2.05, 4.69) is 19.7 Å². The van der Waals surface area contributed by atoms with E-state index in [0.717, 1.165) is 29.9 Å². The van der Waals surface area contributed by atoms with Crippen LogP contribution < -0.4 is 5.32 Å². The summed E-state index contributed by atoms with van der Waals surface area (Å²) < 4.78 is 15.2. The molecule has 0 amide bonds. The van der Waals surface area contributed by atoms with E-state index >= 15 is 0 Å². The second-order valence-electron chi connectivity index (χ2n) is 5.30. The van der Waals surface area contributed by atoms with Gasteiger partial charge in [-0.15, -0.1) is 0 Å². The first-order valence-electron chi connectivity index (χ1n) is 7.14. The van der Waals surface area contributed by atoms with Crippen molar-refractivity contribution in [2.75, 3.05) is 6.54 Å². The molecule has 2 aromatic heterocycles. The van der Waals surface area contributed by atoms with E-state index in [1.165, 1.54) is 18.6 Å². The molecule has 4 rings (SSSR count). The maximum absolute atomic E-state index is 13.1. The predicted molar refractivity (Wildman–Crippen MR) is 78.4 cm³/mol. The van der Waals surface area contributed by atoms with Crippen LogP contribution in [0.15, 0.2) is 42.7 Å². The summed E-state index contributed by atoms with van der Waals surface area (Å²) in [5.74, 6) is 0.448. The third-order valence-corrected chi connectivity index (χ3v) is 3.99. The van der Waals surface area contributed by atoms with Crippen LogP contribution in [0.1, 0.15) is 24.6 Å². The maximum Gasteiger partial charge on any atom is 0.234 e. The molecule has 3 aromatic rings. The standard InChI is InChI=1S/C16H15FN4/c17-12-5-3-11(4-6-12)15-10-20-16-19-9-7-14(21(15)16)13-2-1-8-18-13/h3-7,9-10,13,18H,1-2,8H2/t13-/m0/s1. The van der Waals surface area contributed by atoms with Crippen LogP contribution in [-0.2, 0) is 0 Å². The molecular formula is C16H15FN4. The summed E-state index contributed by atoms with van der Waals surface area (Å²) in [5.41, 5.74) is 3.05. The van der Waals surface area contributed by atoms with Crippen molar-refractivity contribution in [1.82, 2.24) is 19.7 Å². The van der Waals surface area contributed by atoms with Crippen LogP contribution in [0.2, 0.25) is 0 Å². The topological polar surface area (TPSA) is 42.2 Å². The van der Waals surface area contributed by atoms with E-state index in [9.17, 15) is 4.39 Å². The molecular weight excluding hydrogens is 267 g/mol. The zero-order valence-electron chi connectivity index (χ0n) is 11.5. The third-order valence-electron chi connectivity index (χ3n) is 3.99. The largest absolute Gasteiger partial charge is 0.309 e. The first-order chi connectivity index (χ1) is 10.3. The molecule has 0 radical (unpaired) electrons. The minimum absolute atomic E-state index is 0.233. The lowest BCUT2D eigenvalue weighted by Gasteiger charge is -2.14.